The molecule has 0 atom stereocenters. The van der Waals surface area contributed by atoms with E-state index in [1.807, 2.05) is 0 Å². The van der Waals surface area contributed by atoms with Crippen LogP contribution in [0.25, 0.3) is 0 Å². The van der Waals surface area contributed by atoms with Crippen LogP contribution >= 0.6 is 0 Å². The zero-order chi connectivity index (χ0) is 27.8. The second-order valence-electron chi connectivity index (χ2n) is 8.02. The molecule has 4 amide bonds. The van der Waals surface area contributed by atoms with Crippen molar-refractivity contribution < 1.29 is 32.3 Å². The largest absolute Gasteiger partial charge is 0.457 e. The number of aromatic nitrogens is 1. The van der Waals surface area contributed by atoms with E-state index in [-0.39, 0.29) is 23.6 Å². The van der Waals surface area contributed by atoms with E-state index in [0.29, 0.717) is 23.1 Å². The molecule has 4 aromatic rings. The van der Waals surface area contributed by atoms with Gasteiger partial charge in [0.1, 0.15) is 34.6 Å². The van der Waals surface area contributed by atoms with Gasteiger partial charge in [0.25, 0.3) is 5.91 Å². The highest BCUT2D eigenvalue weighted by atomic mass is 19.1. The molecule has 4 N–H and O–H groups in total. The van der Waals surface area contributed by atoms with Gasteiger partial charge in [0.15, 0.2) is 0 Å². The molecule has 0 bridgehead atoms. The van der Waals surface area contributed by atoms with E-state index in [9.17, 15) is 27.6 Å². The number of pyridine rings is 1. The van der Waals surface area contributed by atoms with Crippen LogP contribution in [-0.2, 0) is 11.2 Å². The van der Waals surface area contributed by atoms with Gasteiger partial charge in [-0.1, -0.05) is 12.1 Å². The fraction of sp³-hybridized carbons (Fsp3) is 0.0370. The minimum absolute atomic E-state index is 0.0402. The lowest BCUT2D eigenvalue weighted by molar-refractivity contribution is -0.121. The van der Waals surface area contributed by atoms with Crippen molar-refractivity contribution in [3.05, 3.63) is 114 Å². The minimum Gasteiger partial charge on any atom is -0.457 e. The summed E-state index contributed by atoms with van der Waals surface area (Å²) in [5.74, 6) is -2.76. The summed E-state index contributed by atoms with van der Waals surface area (Å²) in [6.07, 6.45) is 1.21. The van der Waals surface area contributed by atoms with Crippen LogP contribution in [0.3, 0.4) is 0 Å². The number of hydrazine groups is 1. The summed E-state index contributed by atoms with van der Waals surface area (Å²) in [6, 6.07) is 16.6. The molecule has 0 aliphatic carbocycles. The molecule has 0 spiro atoms. The molecule has 0 saturated carbocycles. The number of ether oxygens (including phenoxy) is 1. The number of amides is 4. The Kier molecular flexibility index (Phi) is 8.36. The van der Waals surface area contributed by atoms with Gasteiger partial charge in [-0.05, 0) is 60.2 Å². The summed E-state index contributed by atoms with van der Waals surface area (Å²) in [6.45, 7) is 0. The van der Waals surface area contributed by atoms with E-state index in [4.69, 9.17) is 4.74 Å². The number of nitrogens with zero attached hydrogens (tertiary/aromatic N) is 1. The lowest BCUT2D eigenvalue weighted by Gasteiger charge is -2.11. The van der Waals surface area contributed by atoms with Gasteiger partial charge in [0.05, 0.1) is 12.1 Å². The third-order valence-electron chi connectivity index (χ3n) is 5.06. The molecule has 9 nitrogen and oxygen atoms in total. The van der Waals surface area contributed by atoms with Crippen LogP contribution in [0.5, 0.6) is 11.5 Å². The highest BCUT2D eigenvalue weighted by molar-refractivity contribution is 5.99. The summed E-state index contributed by atoms with van der Waals surface area (Å²) in [7, 11) is 0. The predicted molar refractivity (Wildman–Crippen MR) is 135 cm³/mol. The van der Waals surface area contributed by atoms with Crippen molar-refractivity contribution in [3.8, 4) is 11.5 Å². The molecule has 0 radical (unpaired) electrons. The molecular weight excluding hydrogens is 515 g/mol. The normalized spacial score (nSPS) is 10.3. The molecule has 0 saturated heterocycles. The van der Waals surface area contributed by atoms with Crippen LogP contribution in [0.4, 0.5) is 29.3 Å². The van der Waals surface area contributed by atoms with Gasteiger partial charge in [-0.2, -0.15) is 0 Å². The van der Waals surface area contributed by atoms with Crippen molar-refractivity contribution in [1.82, 2.24) is 15.8 Å². The van der Waals surface area contributed by atoms with Crippen LogP contribution in [0.15, 0.2) is 85.1 Å². The molecule has 0 unspecified atom stereocenters. The Balaban J connectivity index is 1.28. The third-order valence-corrected chi connectivity index (χ3v) is 5.06. The molecule has 1 heterocycles. The first-order valence-corrected chi connectivity index (χ1v) is 11.4. The van der Waals surface area contributed by atoms with E-state index >= 15 is 0 Å². The summed E-state index contributed by atoms with van der Waals surface area (Å²) < 4.78 is 45.7. The first-order valence-electron chi connectivity index (χ1n) is 11.4. The van der Waals surface area contributed by atoms with Crippen LogP contribution in [0.2, 0.25) is 0 Å². The molecular formula is C27H20F3N5O4. The van der Waals surface area contributed by atoms with E-state index < -0.39 is 35.3 Å². The number of anilines is 2. The summed E-state index contributed by atoms with van der Waals surface area (Å²) in [5, 5.41) is 4.79. The van der Waals surface area contributed by atoms with E-state index in [0.717, 1.165) is 12.1 Å². The van der Waals surface area contributed by atoms with Crippen molar-refractivity contribution in [2.75, 3.05) is 10.6 Å². The first-order chi connectivity index (χ1) is 18.7. The molecule has 0 fully saturated rings. The van der Waals surface area contributed by atoms with E-state index in [1.165, 1.54) is 48.7 Å². The molecule has 39 heavy (non-hydrogen) atoms. The zero-order valence-corrected chi connectivity index (χ0v) is 20.0. The Morgan fingerprint density at radius 1 is 0.769 bits per heavy atom. The quantitative estimate of drug-likeness (QED) is 0.250. The fourth-order valence-corrected chi connectivity index (χ4v) is 3.28. The molecule has 12 heteroatoms. The molecule has 0 aliphatic rings. The van der Waals surface area contributed by atoms with Gasteiger partial charge >= 0.3 is 6.03 Å². The zero-order valence-electron chi connectivity index (χ0n) is 20.0. The number of carbonyl (C=O) groups excluding carboxylic acids is 3. The van der Waals surface area contributed by atoms with Crippen LogP contribution in [0, 0.1) is 17.5 Å². The summed E-state index contributed by atoms with van der Waals surface area (Å²) in [5.41, 5.74) is 5.06. The second kappa shape index (κ2) is 12.2. The summed E-state index contributed by atoms with van der Waals surface area (Å²) >= 11 is 0. The second-order valence-corrected chi connectivity index (χ2v) is 8.02. The van der Waals surface area contributed by atoms with Gasteiger partial charge in [-0.15, -0.1) is 0 Å². The van der Waals surface area contributed by atoms with Crippen LogP contribution in [0.1, 0.15) is 16.1 Å². The van der Waals surface area contributed by atoms with E-state index in [2.05, 4.69) is 26.5 Å². The highest BCUT2D eigenvalue weighted by Crippen LogP contribution is 2.23. The Morgan fingerprint density at radius 3 is 2.28 bits per heavy atom. The lowest BCUT2D eigenvalue weighted by Crippen LogP contribution is -2.42. The van der Waals surface area contributed by atoms with E-state index in [1.54, 1.807) is 18.2 Å². The lowest BCUT2D eigenvalue weighted by atomic mass is 10.1. The maximum absolute atomic E-state index is 13.7. The smallest absolute Gasteiger partial charge is 0.323 e. The van der Waals surface area contributed by atoms with Gasteiger partial charge in [0, 0.05) is 24.0 Å². The van der Waals surface area contributed by atoms with Gasteiger partial charge in [0.2, 0.25) is 5.91 Å². The maximum atomic E-state index is 13.7. The Labute approximate surface area is 220 Å². The highest BCUT2D eigenvalue weighted by Gasteiger charge is 2.12. The standard InChI is InChI=1S/C27H20F3N5O4/c28-17-3-1-2-16(12-17)13-25(36)34-35-26(37)24-15-21(10-11-31-24)39-20-7-5-19(6-8-20)32-27(38)33-23-9-4-18(29)14-22(23)30/h1-12,14-15H,13H2,(H,34,36)(H,35,37)(H2,32,33,38). The Hall–Kier alpha value is -5.39. The minimum atomic E-state index is -0.912. The average Bonchev–Trinajstić information content (AvgIpc) is 2.90. The number of nitrogens with one attached hydrogen (secondary N) is 4. The molecule has 3 aromatic carbocycles. The first kappa shape index (κ1) is 26.7. The topological polar surface area (TPSA) is 121 Å². The van der Waals surface area contributed by atoms with Gasteiger partial charge < -0.3 is 15.4 Å². The number of rotatable bonds is 7. The fourth-order valence-electron chi connectivity index (χ4n) is 3.28. The molecule has 4 rings (SSSR count). The van der Waals surface area contributed by atoms with Crippen molar-refractivity contribution in [2.45, 2.75) is 6.42 Å². The summed E-state index contributed by atoms with van der Waals surface area (Å²) in [4.78, 5) is 40.5. The number of carbonyl (C=O) groups is 3. The SMILES string of the molecule is O=C(Cc1cccc(F)c1)NNC(=O)c1cc(Oc2ccc(NC(=O)Nc3ccc(F)cc3F)cc2)ccn1. The van der Waals surface area contributed by atoms with Crippen LogP contribution < -0.4 is 26.2 Å². The van der Waals surface area contributed by atoms with Gasteiger partial charge in [-0.25, -0.2) is 18.0 Å². The van der Waals surface area contributed by atoms with Crippen molar-refractivity contribution in [3.63, 3.8) is 0 Å². The molecule has 0 aliphatic heterocycles. The van der Waals surface area contributed by atoms with Crippen molar-refractivity contribution in [2.24, 2.45) is 0 Å². The number of halogens is 3. The maximum Gasteiger partial charge on any atom is 0.323 e. The number of hydrogen-bond acceptors (Lipinski definition) is 5. The number of benzene rings is 3. The average molecular weight is 535 g/mol. The predicted octanol–water partition coefficient (Wildman–Crippen LogP) is 4.94. The Morgan fingerprint density at radius 2 is 1.54 bits per heavy atom. The van der Waals surface area contributed by atoms with Crippen LogP contribution in [-0.4, -0.2) is 22.8 Å². The third kappa shape index (κ3) is 7.79. The van der Waals surface area contributed by atoms with Gasteiger partial charge in [-0.3, -0.25) is 25.4 Å². The van der Waals surface area contributed by atoms with Crippen molar-refractivity contribution in [1.29, 1.82) is 0 Å². The number of urea groups is 1. The monoisotopic (exact) mass is 535 g/mol. The van der Waals surface area contributed by atoms with Crippen molar-refractivity contribution >= 4 is 29.2 Å². The molecule has 198 valence electrons. The Bertz CT molecular complexity index is 1520. The number of hydrogen-bond donors (Lipinski definition) is 4. The molecule has 1 aromatic heterocycles.